The van der Waals surface area contributed by atoms with Crippen LogP contribution in [0.25, 0.3) is 0 Å². The number of hydrogen-bond donors (Lipinski definition) is 0. The molecule has 144 valence electrons. The van der Waals surface area contributed by atoms with E-state index in [0.29, 0.717) is 18.8 Å². The summed E-state index contributed by atoms with van der Waals surface area (Å²) in [7, 11) is 3.90. The number of aryl methyl sites for hydroxylation is 1. The number of hydrogen-bond acceptors (Lipinski definition) is 8. The molecule has 0 radical (unpaired) electrons. The molecule has 4 heterocycles. The Morgan fingerprint density at radius 3 is 2.04 bits per heavy atom. The summed E-state index contributed by atoms with van der Waals surface area (Å²) < 4.78 is 1.55. The third-order valence-electron chi connectivity index (χ3n) is 5.18. The molecule has 0 spiro atoms. The standard InChI is InChI=1S/C17H25N9O/c1-22-3-5-24(6-4-22)15-11-16(19-13-18-15)25-7-9-26(10-8-25)17(27)14-12-23(2)21-20-14/h11-13H,3-10H2,1-2H3. The summed E-state index contributed by atoms with van der Waals surface area (Å²) in [6.45, 7) is 6.81. The molecule has 27 heavy (non-hydrogen) atoms. The van der Waals surface area contributed by atoms with Gasteiger partial charge in [-0.05, 0) is 7.05 Å². The van der Waals surface area contributed by atoms with E-state index in [1.54, 1.807) is 24.3 Å². The molecule has 2 aromatic rings. The molecular formula is C17H25N9O. The Kier molecular flexibility index (Phi) is 4.88. The lowest BCUT2D eigenvalue weighted by molar-refractivity contribution is 0.0740. The molecule has 10 heteroatoms. The van der Waals surface area contributed by atoms with Crippen molar-refractivity contribution in [2.75, 3.05) is 69.2 Å². The van der Waals surface area contributed by atoms with E-state index in [9.17, 15) is 4.79 Å². The smallest absolute Gasteiger partial charge is 0.276 e. The number of carbonyl (C=O) groups is 1. The minimum atomic E-state index is -0.0661. The van der Waals surface area contributed by atoms with E-state index in [0.717, 1.165) is 50.9 Å². The number of piperazine rings is 2. The van der Waals surface area contributed by atoms with Crippen LogP contribution in [-0.2, 0) is 7.05 Å². The monoisotopic (exact) mass is 371 g/mol. The Balaban J connectivity index is 1.38. The molecular weight excluding hydrogens is 346 g/mol. The molecule has 10 nitrogen and oxygen atoms in total. The summed E-state index contributed by atoms with van der Waals surface area (Å²) in [6.07, 6.45) is 3.29. The largest absolute Gasteiger partial charge is 0.354 e. The topological polar surface area (TPSA) is 86.5 Å². The van der Waals surface area contributed by atoms with Crippen molar-refractivity contribution in [3.05, 3.63) is 24.3 Å². The molecule has 0 atom stereocenters. The number of amides is 1. The van der Waals surface area contributed by atoms with Gasteiger partial charge in [0.05, 0.1) is 6.20 Å². The van der Waals surface area contributed by atoms with Gasteiger partial charge in [-0.15, -0.1) is 5.10 Å². The lowest BCUT2D eigenvalue weighted by atomic mass is 10.2. The molecule has 0 bridgehead atoms. The lowest BCUT2D eigenvalue weighted by Crippen LogP contribution is -2.49. The number of anilines is 2. The second-order valence-electron chi connectivity index (χ2n) is 7.08. The summed E-state index contributed by atoms with van der Waals surface area (Å²) in [5.74, 6) is 1.83. The van der Waals surface area contributed by atoms with Crippen molar-refractivity contribution >= 4 is 17.5 Å². The molecule has 1 amide bonds. The SMILES string of the molecule is CN1CCN(c2cc(N3CCN(C(=O)c4cn(C)nn4)CC3)ncn2)CC1. The van der Waals surface area contributed by atoms with Crippen LogP contribution < -0.4 is 9.80 Å². The van der Waals surface area contributed by atoms with Crippen LogP contribution in [0.15, 0.2) is 18.6 Å². The first-order chi connectivity index (χ1) is 13.1. The Hall–Kier alpha value is -2.75. The van der Waals surface area contributed by atoms with Crippen molar-refractivity contribution in [1.29, 1.82) is 0 Å². The van der Waals surface area contributed by atoms with E-state index in [4.69, 9.17) is 0 Å². The number of carbonyl (C=O) groups excluding carboxylic acids is 1. The molecule has 2 fully saturated rings. The first kappa shape index (κ1) is 17.7. The van der Waals surface area contributed by atoms with Gasteiger partial charge in [0, 0.05) is 65.5 Å². The summed E-state index contributed by atoms with van der Waals surface area (Å²) in [6, 6.07) is 2.06. The van der Waals surface area contributed by atoms with Gasteiger partial charge >= 0.3 is 0 Å². The van der Waals surface area contributed by atoms with Gasteiger partial charge in [-0.25, -0.2) is 9.97 Å². The highest BCUT2D eigenvalue weighted by Crippen LogP contribution is 2.20. The summed E-state index contributed by atoms with van der Waals surface area (Å²) in [4.78, 5) is 30.1. The van der Waals surface area contributed by atoms with Gasteiger partial charge in [0.15, 0.2) is 5.69 Å². The van der Waals surface area contributed by atoms with Crippen LogP contribution in [-0.4, -0.2) is 100 Å². The van der Waals surface area contributed by atoms with E-state index in [1.807, 2.05) is 4.90 Å². The third kappa shape index (κ3) is 3.85. The van der Waals surface area contributed by atoms with E-state index in [1.165, 1.54) is 0 Å². The van der Waals surface area contributed by atoms with Gasteiger partial charge in [-0.3, -0.25) is 9.48 Å². The van der Waals surface area contributed by atoms with E-state index < -0.39 is 0 Å². The van der Waals surface area contributed by atoms with Crippen LogP contribution in [0.2, 0.25) is 0 Å². The Bertz CT molecular complexity index is 791. The third-order valence-corrected chi connectivity index (χ3v) is 5.18. The zero-order valence-corrected chi connectivity index (χ0v) is 15.8. The highest BCUT2D eigenvalue weighted by molar-refractivity contribution is 5.92. The Labute approximate surface area is 158 Å². The quantitative estimate of drug-likeness (QED) is 0.701. The molecule has 2 aliphatic rings. The summed E-state index contributed by atoms with van der Waals surface area (Å²) >= 11 is 0. The van der Waals surface area contributed by atoms with Crippen LogP contribution in [0.1, 0.15) is 10.5 Å². The maximum Gasteiger partial charge on any atom is 0.276 e. The van der Waals surface area contributed by atoms with E-state index in [-0.39, 0.29) is 5.91 Å². The van der Waals surface area contributed by atoms with Crippen LogP contribution in [0.4, 0.5) is 11.6 Å². The number of likely N-dealkylation sites (N-methyl/N-ethyl adjacent to an activating group) is 1. The lowest BCUT2D eigenvalue weighted by Gasteiger charge is -2.36. The second-order valence-corrected chi connectivity index (χ2v) is 7.08. The molecule has 0 aliphatic carbocycles. The van der Waals surface area contributed by atoms with Gasteiger partial charge in [0.1, 0.15) is 18.0 Å². The zero-order chi connectivity index (χ0) is 18.8. The minimum Gasteiger partial charge on any atom is -0.354 e. The number of nitrogens with zero attached hydrogens (tertiary/aromatic N) is 9. The average molecular weight is 371 g/mol. The van der Waals surface area contributed by atoms with Crippen molar-refractivity contribution in [2.45, 2.75) is 0 Å². The van der Waals surface area contributed by atoms with Crippen molar-refractivity contribution < 1.29 is 4.79 Å². The number of rotatable bonds is 3. The Morgan fingerprint density at radius 1 is 0.889 bits per heavy atom. The van der Waals surface area contributed by atoms with Crippen LogP contribution in [0.5, 0.6) is 0 Å². The first-order valence-corrected chi connectivity index (χ1v) is 9.26. The molecule has 2 aromatic heterocycles. The fourth-order valence-electron chi connectivity index (χ4n) is 3.46. The summed E-state index contributed by atoms with van der Waals surface area (Å²) in [5.41, 5.74) is 0.394. The first-order valence-electron chi connectivity index (χ1n) is 9.26. The van der Waals surface area contributed by atoms with Crippen molar-refractivity contribution in [1.82, 2.24) is 34.8 Å². The minimum absolute atomic E-state index is 0.0661. The fourth-order valence-corrected chi connectivity index (χ4v) is 3.46. The molecule has 2 aliphatic heterocycles. The molecule has 0 saturated carbocycles. The highest BCUT2D eigenvalue weighted by Gasteiger charge is 2.25. The van der Waals surface area contributed by atoms with E-state index in [2.05, 4.69) is 48.1 Å². The maximum absolute atomic E-state index is 12.5. The van der Waals surface area contributed by atoms with Gasteiger partial charge in [0.25, 0.3) is 5.91 Å². The summed E-state index contributed by atoms with van der Waals surface area (Å²) in [5, 5.41) is 7.75. The molecule has 4 rings (SSSR count). The van der Waals surface area contributed by atoms with Crippen molar-refractivity contribution in [3.8, 4) is 0 Å². The van der Waals surface area contributed by atoms with Crippen LogP contribution >= 0.6 is 0 Å². The average Bonchev–Trinajstić information content (AvgIpc) is 3.14. The predicted octanol–water partition coefficient (Wildman–Crippen LogP) is -0.681. The van der Waals surface area contributed by atoms with Gasteiger partial charge in [0.2, 0.25) is 0 Å². The highest BCUT2D eigenvalue weighted by atomic mass is 16.2. The van der Waals surface area contributed by atoms with Gasteiger partial charge in [-0.1, -0.05) is 5.21 Å². The zero-order valence-electron chi connectivity index (χ0n) is 15.8. The van der Waals surface area contributed by atoms with Gasteiger partial charge in [-0.2, -0.15) is 0 Å². The molecule has 0 unspecified atom stereocenters. The molecule has 0 aromatic carbocycles. The number of aromatic nitrogens is 5. The van der Waals surface area contributed by atoms with E-state index >= 15 is 0 Å². The predicted molar refractivity (Wildman–Crippen MR) is 101 cm³/mol. The van der Waals surface area contributed by atoms with Gasteiger partial charge < -0.3 is 19.6 Å². The van der Waals surface area contributed by atoms with Crippen LogP contribution in [0, 0.1) is 0 Å². The molecule has 2 saturated heterocycles. The second kappa shape index (κ2) is 7.47. The molecule has 0 N–H and O–H groups in total. The van der Waals surface area contributed by atoms with Crippen molar-refractivity contribution in [2.24, 2.45) is 7.05 Å². The van der Waals surface area contributed by atoms with Crippen molar-refractivity contribution in [3.63, 3.8) is 0 Å². The van der Waals surface area contributed by atoms with Crippen LogP contribution in [0.3, 0.4) is 0 Å². The maximum atomic E-state index is 12.5. The Morgan fingerprint density at radius 2 is 1.48 bits per heavy atom. The normalized spacial score (nSPS) is 18.8. The fraction of sp³-hybridized carbons (Fsp3) is 0.588.